The van der Waals surface area contributed by atoms with E-state index in [9.17, 15) is 5.11 Å². The number of aromatic nitrogens is 1. The van der Waals surface area contributed by atoms with Gasteiger partial charge in [0, 0.05) is 17.3 Å². The van der Waals surface area contributed by atoms with Crippen molar-refractivity contribution in [2.24, 2.45) is 0 Å². The minimum absolute atomic E-state index is 0. The number of hydrogen-bond acceptors (Lipinski definition) is 2. The predicted molar refractivity (Wildman–Crippen MR) is 58.5 cm³/mol. The van der Waals surface area contributed by atoms with Crippen molar-refractivity contribution in [2.75, 3.05) is 0 Å². The number of phenols is 1. The van der Waals surface area contributed by atoms with Crippen LogP contribution in [0.3, 0.4) is 0 Å². The van der Waals surface area contributed by atoms with Crippen LogP contribution in [0.5, 0.6) is 5.75 Å². The van der Waals surface area contributed by atoms with Gasteiger partial charge < -0.3 is 5.11 Å². The summed E-state index contributed by atoms with van der Waals surface area (Å²) in [5.74, 6) is 0.285. The second-order valence-corrected chi connectivity index (χ2v) is 2.86. The van der Waals surface area contributed by atoms with Crippen LogP contribution in [0.4, 0.5) is 0 Å². The van der Waals surface area contributed by atoms with Gasteiger partial charge in [0.05, 0.1) is 0 Å². The van der Waals surface area contributed by atoms with Gasteiger partial charge in [-0.25, -0.2) is 0 Å². The molecule has 1 heterocycles. The van der Waals surface area contributed by atoms with E-state index in [4.69, 9.17) is 0 Å². The maximum atomic E-state index is 9.17. The number of aromatic hydroxyl groups is 1. The minimum Gasteiger partial charge on any atom is -0.508 e. The van der Waals surface area contributed by atoms with E-state index in [1.54, 1.807) is 18.3 Å². The monoisotopic (exact) mass is 239 g/mol. The number of fused-ring (bicyclic) bond motifs is 1. The van der Waals surface area contributed by atoms with Crippen molar-refractivity contribution in [1.29, 1.82) is 0 Å². The zero-order chi connectivity index (χ0) is 8.55. The quantitative estimate of drug-likeness (QED) is 0.768. The molecule has 0 atom stereocenters. The fraction of sp³-hybridized carbons (Fsp3) is 0.100. The number of nitrogens with zero attached hydrogens (tertiary/aromatic N) is 1. The van der Waals surface area contributed by atoms with E-state index < -0.39 is 0 Å². The number of halogens is 1. The molecule has 0 saturated heterocycles. The van der Waals surface area contributed by atoms with Crippen molar-refractivity contribution in [3.05, 3.63) is 36.2 Å². The number of hydrogen-bond donors (Lipinski definition) is 1. The van der Waals surface area contributed by atoms with Crippen LogP contribution in [0, 0.1) is 6.92 Å². The SMILES string of the molecule is Br.Cc1cc2ccc(O)cc2cn1. The lowest BCUT2D eigenvalue weighted by Gasteiger charge is -1.98. The molecule has 2 nitrogen and oxygen atoms in total. The zero-order valence-electron chi connectivity index (χ0n) is 7.19. The first-order valence-electron chi connectivity index (χ1n) is 3.81. The molecule has 68 valence electrons. The summed E-state index contributed by atoms with van der Waals surface area (Å²) in [4.78, 5) is 4.14. The van der Waals surface area contributed by atoms with Gasteiger partial charge in [0.25, 0.3) is 0 Å². The number of pyridine rings is 1. The molecule has 0 saturated carbocycles. The van der Waals surface area contributed by atoms with Gasteiger partial charge in [0.2, 0.25) is 0 Å². The molecule has 0 amide bonds. The van der Waals surface area contributed by atoms with Gasteiger partial charge in [-0.1, -0.05) is 6.07 Å². The van der Waals surface area contributed by atoms with Gasteiger partial charge in [-0.3, -0.25) is 4.98 Å². The van der Waals surface area contributed by atoms with Gasteiger partial charge in [0.15, 0.2) is 0 Å². The normalized spacial score (nSPS) is 9.62. The number of aryl methyl sites for hydroxylation is 1. The largest absolute Gasteiger partial charge is 0.508 e. The van der Waals surface area contributed by atoms with Gasteiger partial charge in [0.1, 0.15) is 5.75 Å². The second-order valence-electron chi connectivity index (χ2n) is 2.86. The number of benzene rings is 1. The van der Waals surface area contributed by atoms with Crippen molar-refractivity contribution < 1.29 is 5.11 Å². The van der Waals surface area contributed by atoms with Crippen LogP contribution in [-0.4, -0.2) is 10.1 Å². The van der Waals surface area contributed by atoms with Gasteiger partial charge >= 0.3 is 0 Å². The van der Waals surface area contributed by atoms with Crippen molar-refractivity contribution in [3.8, 4) is 5.75 Å². The summed E-state index contributed by atoms with van der Waals surface area (Å²) in [5.41, 5.74) is 0.994. The Morgan fingerprint density at radius 1 is 1.15 bits per heavy atom. The summed E-state index contributed by atoms with van der Waals surface area (Å²) in [6.45, 7) is 1.95. The minimum atomic E-state index is 0. The van der Waals surface area contributed by atoms with Crippen molar-refractivity contribution in [2.45, 2.75) is 6.92 Å². The van der Waals surface area contributed by atoms with Crippen LogP contribution < -0.4 is 0 Å². The first-order chi connectivity index (χ1) is 5.75. The Hall–Kier alpha value is -1.09. The third kappa shape index (κ3) is 1.98. The average molecular weight is 240 g/mol. The van der Waals surface area contributed by atoms with Crippen molar-refractivity contribution in [1.82, 2.24) is 4.98 Å². The molecule has 13 heavy (non-hydrogen) atoms. The summed E-state index contributed by atoms with van der Waals surface area (Å²) in [5, 5.41) is 11.3. The van der Waals surface area contributed by atoms with Gasteiger partial charge in [-0.15, -0.1) is 17.0 Å². The van der Waals surface area contributed by atoms with E-state index >= 15 is 0 Å². The molecule has 0 bridgehead atoms. The Kier molecular flexibility index (Phi) is 2.88. The molecule has 2 aromatic rings. The molecule has 0 radical (unpaired) electrons. The zero-order valence-corrected chi connectivity index (χ0v) is 8.90. The Bertz CT molecular complexity index is 387. The van der Waals surface area contributed by atoms with E-state index in [2.05, 4.69) is 4.98 Å². The highest BCUT2D eigenvalue weighted by Crippen LogP contribution is 2.19. The number of phenolic OH excluding ortho intramolecular Hbond substituents is 1. The van der Waals surface area contributed by atoms with Crippen LogP contribution in [0.1, 0.15) is 5.69 Å². The summed E-state index contributed by atoms with van der Waals surface area (Å²) >= 11 is 0. The molecule has 3 heteroatoms. The molecule has 0 spiro atoms. The average Bonchev–Trinajstić information content (AvgIpc) is 2.05. The summed E-state index contributed by atoms with van der Waals surface area (Å²) < 4.78 is 0. The van der Waals surface area contributed by atoms with Crippen LogP contribution in [0.15, 0.2) is 30.5 Å². The molecule has 2 rings (SSSR count). The van der Waals surface area contributed by atoms with Crippen molar-refractivity contribution in [3.63, 3.8) is 0 Å². The first kappa shape index (κ1) is 9.99. The van der Waals surface area contributed by atoms with Gasteiger partial charge in [-0.05, 0) is 30.5 Å². The summed E-state index contributed by atoms with van der Waals surface area (Å²) in [7, 11) is 0. The Morgan fingerprint density at radius 2 is 1.92 bits per heavy atom. The van der Waals surface area contributed by atoms with E-state index in [0.717, 1.165) is 16.5 Å². The molecule has 0 aliphatic carbocycles. The highest BCUT2D eigenvalue weighted by atomic mass is 79.9. The van der Waals surface area contributed by atoms with Gasteiger partial charge in [-0.2, -0.15) is 0 Å². The van der Waals surface area contributed by atoms with Crippen LogP contribution in [-0.2, 0) is 0 Å². The molecule has 0 fully saturated rings. The molecular formula is C10H10BrNO. The predicted octanol–water partition coefficient (Wildman–Crippen LogP) is 2.83. The van der Waals surface area contributed by atoms with Crippen LogP contribution in [0.25, 0.3) is 10.8 Å². The van der Waals surface area contributed by atoms with E-state index in [-0.39, 0.29) is 22.7 Å². The summed E-state index contributed by atoms with van der Waals surface area (Å²) in [6.07, 6.45) is 1.77. The summed E-state index contributed by atoms with van der Waals surface area (Å²) in [6, 6.07) is 7.28. The fourth-order valence-corrected chi connectivity index (χ4v) is 1.24. The standard InChI is InChI=1S/C10H9NO.BrH/c1-7-4-8-2-3-10(12)5-9(8)6-11-7;/h2-6,12H,1H3;1H. The third-order valence-electron chi connectivity index (χ3n) is 1.84. The third-order valence-corrected chi connectivity index (χ3v) is 1.84. The van der Waals surface area contributed by atoms with E-state index in [0.29, 0.717) is 0 Å². The van der Waals surface area contributed by atoms with Crippen molar-refractivity contribution >= 4 is 27.8 Å². The fourth-order valence-electron chi connectivity index (χ4n) is 1.24. The molecule has 1 N–H and O–H groups in total. The number of rotatable bonds is 0. The Balaban J connectivity index is 0.000000845. The smallest absolute Gasteiger partial charge is 0.116 e. The lowest BCUT2D eigenvalue weighted by atomic mass is 10.1. The van der Waals surface area contributed by atoms with Crippen LogP contribution in [0.2, 0.25) is 0 Å². The first-order valence-corrected chi connectivity index (χ1v) is 3.81. The molecular weight excluding hydrogens is 230 g/mol. The Morgan fingerprint density at radius 3 is 2.69 bits per heavy atom. The second kappa shape index (κ2) is 3.75. The highest BCUT2D eigenvalue weighted by molar-refractivity contribution is 8.93. The molecule has 0 unspecified atom stereocenters. The van der Waals surface area contributed by atoms with Crippen LogP contribution >= 0.6 is 17.0 Å². The Labute approximate surface area is 87.0 Å². The molecule has 1 aromatic heterocycles. The topological polar surface area (TPSA) is 33.1 Å². The van der Waals surface area contributed by atoms with E-state index in [1.165, 1.54) is 0 Å². The highest BCUT2D eigenvalue weighted by Gasteiger charge is 1.94. The molecule has 0 aliphatic heterocycles. The lowest BCUT2D eigenvalue weighted by Crippen LogP contribution is -1.80. The molecule has 1 aromatic carbocycles. The maximum Gasteiger partial charge on any atom is 0.116 e. The molecule has 0 aliphatic rings. The maximum absolute atomic E-state index is 9.17. The van der Waals surface area contributed by atoms with E-state index in [1.807, 2.05) is 19.1 Å². The lowest BCUT2D eigenvalue weighted by molar-refractivity contribution is 0.476.